The van der Waals surface area contributed by atoms with Crippen LogP contribution in [0.1, 0.15) is 0 Å². The molecular weight excluding hydrogens is 299 g/mol. The largest absolute Gasteiger partial charge is 0.340 e. The van der Waals surface area contributed by atoms with Gasteiger partial charge in [-0.25, -0.2) is 23.1 Å². The number of aromatic nitrogens is 2. The lowest BCUT2D eigenvalue weighted by atomic mass is 10.3. The van der Waals surface area contributed by atoms with Crippen molar-refractivity contribution in [2.45, 2.75) is 0 Å². The van der Waals surface area contributed by atoms with E-state index in [1.54, 1.807) is 0 Å². The molecule has 0 amide bonds. The number of halogens is 4. The van der Waals surface area contributed by atoms with Gasteiger partial charge < -0.3 is 5.32 Å². The van der Waals surface area contributed by atoms with Crippen LogP contribution in [0.3, 0.4) is 0 Å². The van der Waals surface area contributed by atoms with Crippen molar-refractivity contribution in [3.63, 3.8) is 0 Å². The van der Waals surface area contributed by atoms with Gasteiger partial charge in [-0.3, -0.25) is 0 Å². The fourth-order valence-corrected chi connectivity index (χ4v) is 1.49. The average Bonchev–Trinajstić information content (AvgIpc) is 2.26. The van der Waals surface area contributed by atoms with Crippen molar-refractivity contribution in [2.24, 2.45) is 0 Å². The van der Waals surface area contributed by atoms with Gasteiger partial charge in [-0.1, -0.05) is 0 Å². The summed E-state index contributed by atoms with van der Waals surface area (Å²) in [7, 11) is 0. The summed E-state index contributed by atoms with van der Waals surface area (Å²) in [4.78, 5) is 7.61. The summed E-state index contributed by atoms with van der Waals surface area (Å²) in [6.07, 6.45) is 1.27. The van der Waals surface area contributed by atoms with E-state index in [1.165, 1.54) is 12.4 Å². The summed E-state index contributed by atoms with van der Waals surface area (Å²) in [5.74, 6) is -3.70. The lowest BCUT2D eigenvalue weighted by Gasteiger charge is -2.06. The molecule has 1 aromatic carbocycles. The Hall–Kier alpha value is -1.63. The highest BCUT2D eigenvalue weighted by molar-refractivity contribution is 9.10. The minimum absolute atomic E-state index is 0.0620. The standard InChI is InChI=1S/C10H5BrF3N3/c11-8-3-9(16-4-15-8)17-5-1-6(12)10(14)7(13)2-5/h1-4H,(H,15,16,17). The second kappa shape index (κ2) is 4.70. The highest BCUT2D eigenvalue weighted by Crippen LogP contribution is 2.21. The van der Waals surface area contributed by atoms with E-state index in [0.29, 0.717) is 10.4 Å². The van der Waals surface area contributed by atoms with Crippen LogP contribution in [-0.2, 0) is 0 Å². The predicted octanol–water partition coefficient (Wildman–Crippen LogP) is 3.40. The normalized spacial score (nSPS) is 10.4. The number of hydrogen-bond donors (Lipinski definition) is 1. The number of rotatable bonds is 2. The van der Waals surface area contributed by atoms with E-state index < -0.39 is 17.5 Å². The molecule has 1 heterocycles. The van der Waals surface area contributed by atoms with Crippen molar-refractivity contribution in [1.29, 1.82) is 0 Å². The van der Waals surface area contributed by atoms with Crippen LogP contribution < -0.4 is 5.32 Å². The lowest BCUT2D eigenvalue weighted by Crippen LogP contribution is -1.98. The molecule has 0 fully saturated rings. The molecule has 17 heavy (non-hydrogen) atoms. The molecule has 1 aromatic heterocycles. The van der Waals surface area contributed by atoms with Crippen LogP contribution in [0.4, 0.5) is 24.7 Å². The molecule has 88 valence electrons. The Bertz CT molecular complexity index is 539. The summed E-state index contributed by atoms with van der Waals surface area (Å²) in [5.41, 5.74) is 0.0620. The van der Waals surface area contributed by atoms with Gasteiger partial charge in [0, 0.05) is 23.9 Å². The van der Waals surface area contributed by atoms with Crippen LogP contribution in [0, 0.1) is 17.5 Å². The quantitative estimate of drug-likeness (QED) is 0.682. The van der Waals surface area contributed by atoms with E-state index in [0.717, 1.165) is 12.1 Å². The highest BCUT2D eigenvalue weighted by Gasteiger charge is 2.10. The summed E-state index contributed by atoms with van der Waals surface area (Å²) in [5, 5.41) is 2.63. The number of hydrogen-bond acceptors (Lipinski definition) is 3. The van der Waals surface area contributed by atoms with Crippen LogP contribution in [0.15, 0.2) is 29.1 Å². The van der Waals surface area contributed by atoms with E-state index in [1.807, 2.05) is 0 Å². The Morgan fingerprint density at radius 1 is 1.00 bits per heavy atom. The maximum absolute atomic E-state index is 12.9. The van der Waals surface area contributed by atoms with Gasteiger partial charge in [0.2, 0.25) is 0 Å². The van der Waals surface area contributed by atoms with Gasteiger partial charge in [-0.2, -0.15) is 0 Å². The van der Waals surface area contributed by atoms with Crippen molar-refractivity contribution >= 4 is 27.4 Å². The van der Waals surface area contributed by atoms with E-state index in [4.69, 9.17) is 0 Å². The molecule has 2 aromatic rings. The molecule has 0 saturated heterocycles. The number of anilines is 2. The Morgan fingerprint density at radius 2 is 1.65 bits per heavy atom. The molecular formula is C10H5BrF3N3. The number of nitrogens with one attached hydrogen (secondary N) is 1. The Labute approximate surface area is 103 Å². The van der Waals surface area contributed by atoms with Crippen LogP contribution >= 0.6 is 15.9 Å². The minimum Gasteiger partial charge on any atom is -0.340 e. The molecule has 3 nitrogen and oxygen atoms in total. The van der Waals surface area contributed by atoms with Crippen LogP contribution in [-0.4, -0.2) is 9.97 Å². The number of benzene rings is 1. The van der Waals surface area contributed by atoms with Crippen molar-refractivity contribution in [3.05, 3.63) is 46.6 Å². The molecule has 0 aliphatic carbocycles. The maximum Gasteiger partial charge on any atom is 0.194 e. The van der Waals surface area contributed by atoms with Gasteiger partial charge in [0.05, 0.1) is 0 Å². The summed E-state index contributed by atoms with van der Waals surface area (Å²) in [6.45, 7) is 0. The molecule has 0 bridgehead atoms. The van der Waals surface area contributed by atoms with Gasteiger partial charge in [-0.15, -0.1) is 0 Å². The third-order valence-electron chi connectivity index (χ3n) is 1.89. The summed E-state index contributed by atoms with van der Waals surface area (Å²) in [6, 6.07) is 3.20. The predicted molar refractivity (Wildman–Crippen MR) is 59.3 cm³/mol. The van der Waals surface area contributed by atoms with E-state index in [2.05, 4.69) is 31.2 Å². The molecule has 0 atom stereocenters. The van der Waals surface area contributed by atoms with Crippen molar-refractivity contribution in [1.82, 2.24) is 9.97 Å². The van der Waals surface area contributed by atoms with Crippen molar-refractivity contribution in [2.75, 3.05) is 5.32 Å². The summed E-state index contributed by atoms with van der Waals surface area (Å²) >= 11 is 3.12. The smallest absolute Gasteiger partial charge is 0.194 e. The number of nitrogens with zero attached hydrogens (tertiary/aromatic N) is 2. The lowest BCUT2D eigenvalue weighted by molar-refractivity contribution is 0.448. The zero-order valence-electron chi connectivity index (χ0n) is 8.22. The Balaban J connectivity index is 2.31. The van der Waals surface area contributed by atoms with Crippen LogP contribution in [0.25, 0.3) is 0 Å². The molecule has 0 unspecified atom stereocenters. The fraction of sp³-hybridized carbons (Fsp3) is 0. The molecule has 0 saturated carbocycles. The Morgan fingerprint density at radius 3 is 2.24 bits per heavy atom. The van der Waals surface area contributed by atoms with Gasteiger partial charge in [0.25, 0.3) is 0 Å². The second-order valence-corrected chi connectivity index (χ2v) is 3.92. The maximum atomic E-state index is 12.9. The highest BCUT2D eigenvalue weighted by atomic mass is 79.9. The first kappa shape index (κ1) is 11.8. The van der Waals surface area contributed by atoms with E-state index >= 15 is 0 Å². The molecule has 2 rings (SSSR count). The minimum atomic E-state index is -1.50. The monoisotopic (exact) mass is 303 g/mol. The van der Waals surface area contributed by atoms with Gasteiger partial charge in [0.1, 0.15) is 16.7 Å². The third kappa shape index (κ3) is 2.73. The first-order valence-corrected chi connectivity index (χ1v) is 5.24. The van der Waals surface area contributed by atoms with E-state index in [-0.39, 0.29) is 5.69 Å². The molecule has 0 spiro atoms. The first-order chi connectivity index (χ1) is 8.06. The SMILES string of the molecule is Fc1cc(Nc2cc(Br)ncn2)cc(F)c1F. The molecule has 0 aliphatic rings. The second-order valence-electron chi connectivity index (χ2n) is 3.10. The zero-order valence-corrected chi connectivity index (χ0v) is 9.80. The summed E-state index contributed by atoms with van der Waals surface area (Å²) < 4.78 is 39.1. The topological polar surface area (TPSA) is 37.8 Å². The average molecular weight is 304 g/mol. The molecule has 0 aliphatic heterocycles. The van der Waals surface area contributed by atoms with Gasteiger partial charge in [0.15, 0.2) is 17.5 Å². The van der Waals surface area contributed by atoms with Crippen LogP contribution in [0.2, 0.25) is 0 Å². The van der Waals surface area contributed by atoms with Crippen LogP contribution in [0.5, 0.6) is 0 Å². The Kier molecular flexibility index (Phi) is 3.28. The molecule has 0 radical (unpaired) electrons. The van der Waals surface area contributed by atoms with Crippen molar-refractivity contribution in [3.8, 4) is 0 Å². The van der Waals surface area contributed by atoms with Crippen molar-refractivity contribution < 1.29 is 13.2 Å². The first-order valence-electron chi connectivity index (χ1n) is 4.45. The van der Waals surface area contributed by atoms with Gasteiger partial charge in [-0.05, 0) is 15.9 Å². The van der Waals surface area contributed by atoms with E-state index in [9.17, 15) is 13.2 Å². The third-order valence-corrected chi connectivity index (χ3v) is 2.32. The van der Waals surface area contributed by atoms with Gasteiger partial charge >= 0.3 is 0 Å². The molecule has 7 heteroatoms. The fourth-order valence-electron chi connectivity index (χ4n) is 1.18. The molecule has 1 N–H and O–H groups in total. The zero-order chi connectivity index (χ0) is 12.4.